The molecule has 0 aliphatic carbocycles. The molecule has 0 bridgehead atoms. The van der Waals surface area contributed by atoms with Crippen molar-refractivity contribution in [2.24, 2.45) is 5.92 Å². The molecule has 25 heavy (non-hydrogen) atoms. The van der Waals surface area contributed by atoms with Gasteiger partial charge in [-0.25, -0.2) is 0 Å². The minimum atomic E-state index is -0.628. The molecule has 1 saturated heterocycles. The maximum atomic E-state index is 11.9. The zero-order valence-corrected chi connectivity index (χ0v) is 15.7. The van der Waals surface area contributed by atoms with E-state index in [9.17, 15) is 9.59 Å². The highest BCUT2D eigenvalue weighted by Gasteiger charge is 2.21. The summed E-state index contributed by atoms with van der Waals surface area (Å²) in [6.45, 7) is 6.70. The van der Waals surface area contributed by atoms with E-state index in [2.05, 4.69) is 34.5 Å². The monoisotopic (exact) mass is 346 g/mol. The van der Waals surface area contributed by atoms with E-state index in [0.29, 0.717) is 24.2 Å². The molecule has 1 fully saturated rings. The Morgan fingerprint density at radius 1 is 1.16 bits per heavy atom. The second-order valence-electron chi connectivity index (χ2n) is 7.25. The van der Waals surface area contributed by atoms with Crippen LogP contribution in [0.2, 0.25) is 0 Å². The van der Waals surface area contributed by atoms with E-state index in [1.807, 2.05) is 38.1 Å². The van der Waals surface area contributed by atoms with Gasteiger partial charge in [-0.3, -0.25) is 9.59 Å². The summed E-state index contributed by atoms with van der Waals surface area (Å²) in [5.41, 5.74) is 1.75. The highest BCUT2D eigenvalue weighted by molar-refractivity contribution is 6.39. The van der Waals surface area contributed by atoms with E-state index >= 15 is 0 Å². The summed E-state index contributed by atoms with van der Waals surface area (Å²) in [7, 11) is 4.27. The van der Waals surface area contributed by atoms with Crippen molar-refractivity contribution in [3.63, 3.8) is 0 Å². The summed E-state index contributed by atoms with van der Waals surface area (Å²) >= 11 is 0. The van der Waals surface area contributed by atoms with Gasteiger partial charge in [0.05, 0.1) is 0 Å². The van der Waals surface area contributed by atoms with Crippen molar-refractivity contribution in [1.29, 1.82) is 0 Å². The molecule has 1 aromatic rings. The lowest BCUT2D eigenvalue weighted by molar-refractivity contribution is -0.136. The Kier molecular flexibility index (Phi) is 6.82. The van der Waals surface area contributed by atoms with Gasteiger partial charge in [-0.1, -0.05) is 13.8 Å². The fraction of sp³-hybridized carbons (Fsp3) is 0.579. The third-order valence-corrected chi connectivity index (χ3v) is 4.65. The van der Waals surface area contributed by atoms with Crippen LogP contribution < -0.4 is 15.5 Å². The van der Waals surface area contributed by atoms with Crippen molar-refractivity contribution in [2.45, 2.75) is 32.7 Å². The lowest BCUT2D eigenvalue weighted by Gasteiger charge is -2.36. The van der Waals surface area contributed by atoms with E-state index in [1.165, 1.54) is 0 Å². The summed E-state index contributed by atoms with van der Waals surface area (Å²) in [6.07, 6.45) is 2.31. The van der Waals surface area contributed by atoms with Gasteiger partial charge >= 0.3 is 11.8 Å². The molecule has 1 heterocycles. The number of nitrogens with one attached hydrogen (secondary N) is 2. The highest BCUT2D eigenvalue weighted by Crippen LogP contribution is 2.23. The Bertz CT molecular complexity index is 578. The predicted molar refractivity (Wildman–Crippen MR) is 102 cm³/mol. The number of benzene rings is 1. The van der Waals surface area contributed by atoms with Crippen molar-refractivity contribution in [1.82, 2.24) is 10.2 Å². The number of nitrogens with zero attached hydrogens (tertiary/aromatic N) is 2. The van der Waals surface area contributed by atoms with Crippen molar-refractivity contribution in [2.75, 3.05) is 43.9 Å². The van der Waals surface area contributed by atoms with Crippen LogP contribution in [0.4, 0.5) is 11.4 Å². The number of carbonyl (C=O) groups excluding carboxylic acids is 2. The van der Waals surface area contributed by atoms with Crippen molar-refractivity contribution < 1.29 is 9.59 Å². The van der Waals surface area contributed by atoms with Crippen LogP contribution >= 0.6 is 0 Å². The molecular weight excluding hydrogens is 316 g/mol. The number of hydrogen-bond acceptors (Lipinski definition) is 4. The van der Waals surface area contributed by atoms with E-state index in [1.54, 1.807) is 0 Å². The van der Waals surface area contributed by atoms with E-state index in [0.717, 1.165) is 31.6 Å². The standard InChI is InChI=1S/C19H30N4O2/c1-14(2)13-20-18(24)19(25)21-15-5-7-16(8-6-15)23(4)17-9-11-22(3)12-10-17/h5-8,14,17H,9-13H2,1-4H3,(H,20,24)(H,21,25). The molecule has 1 aliphatic rings. The van der Waals surface area contributed by atoms with Gasteiger partial charge in [0.15, 0.2) is 0 Å². The molecule has 6 nitrogen and oxygen atoms in total. The maximum absolute atomic E-state index is 11.9. The summed E-state index contributed by atoms with van der Waals surface area (Å²) in [6, 6.07) is 8.20. The quantitative estimate of drug-likeness (QED) is 0.800. The SMILES string of the molecule is CC(C)CNC(=O)C(=O)Nc1ccc(N(C)C2CCN(C)CC2)cc1. The fourth-order valence-electron chi connectivity index (χ4n) is 2.94. The molecule has 2 amide bonds. The van der Waals surface area contributed by atoms with Gasteiger partial charge in [-0.2, -0.15) is 0 Å². The average molecular weight is 346 g/mol. The van der Waals surface area contributed by atoms with Gasteiger partial charge in [-0.05, 0) is 63.2 Å². The number of likely N-dealkylation sites (tertiary alicyclic amines) is 1. The first-order valence-electron chi connectivity index (χ1n) is 8.97. The average Bonchev–Trinajstić information content (AvgIpc) is 2.60. The van der Waals surface area contributed by atoms with Crippen molar-refractivity contribution in [3.05, 3.63) is 24.3 Å². The summed E-state index contributed by atoms with van der Waals surface area (Å²) in [4.78, 5) is 28.3. The van der Waals surface area contributed by atoms with Crippen LogP contribution in [0.25, 0.3) is 0 Å². The van der Waals surface area contributed by atoms with Crippen LogP contribution in [0, 0.1) is 5.92 Å². The number of carbonyl (C=O) groups is 2. The van der Waals surface area contributed by atoms with E-state index in [4.69, 9.17) is 0 Å². The first kappa shape index (κ1) is 19.2. The summed E-state index contributed by atoms with van der Waals surface area (Å²) < 4.78 is 0. The molecule has 1 aromatic carbocycles. The summed E-state index contributed by atoms with van der Waals surface area (Å²) in [5.74, 6) is -0.913. The third kappa shape index (κ3) is 5.74. The van der Waals surface area contributed by atoms with Crippen LogP contribution in [0.15, 0.2) is 24.3 Å². The molecule has 138 valence electrons. The first-order chi connectivity index (χ1) is 11.9. The van der Waals surface area contributed by atoms with Gasteiger partial charge in [0.25, 0.3) is 0 Å². The normalized spacial score (nSPS) is 15.9. The molecule has 0 aromatic heterocycles. The molecule has 1 aliphatic heterocycles. The molecule has 0 atom stereocenters. The molecular formula is C19H30N4O2. The Hall–Kier alpha value is -2.08. The Balaban J connectivity index is 1.88. The van der Waals surface area contributed by atoms with Crippen LogP contribution in [-0.2, 0) is 9.59 Å². The highest BCUT2D eigenvalue weighted by atomic mass is 16.2. The molecule has 2 N–H and O–H groups in total. The number of rotatable bonds is 5. The van der Waals surface area contributed by atoms with Gasteiger partial charge < -0.3 is 20.4 Å². The van der Waals surface area contributed by atoms with Gasteiger partial charge in [0.1, 0.15) is 0 Å². The maximum Gasteiger partial charge on any atom is 0.313 e. The number of amides is 2. The van der Waals surface area contributed by atoms with Crippen molar-refractivity contribution >= 4 is 23.2 Å². The predicted octanol–water partition coefficient (Wildman–Crippen LogP) is 1.93. The fourth-order valence-corrected chi connectivity index (χ4v) is 2.94. The van der Waals surface area contributed by atoms with Crippen LogP contribution in [0.1, 0.15) is 26.7 Å². The lowest BCUT2D eigenvalue weighted by Crippen LogP contribution is -2.42. The second-order valence-corrected chi connectivity index (χ2v) is 7.25. The lowest BCUT2D eigenvalue weighted by atomic mass is 10.0. The number of hydrogen-bond donors (Lipinski definition) is 2. The van der Waals surface area contributed by atoms with Crippen LogP contribution in [0.5, 0.6) is 0 Å². The topological polar surface area (TPSA) is 64.7 Å². The van der Waals surface area contributed by atoms with Crippen molar-refractivity contribution in [3.8, 4) is 0 Å². The van der Waals surface area contributed by atoms with E-state index < -0.39 is 11.8 Å². The zero-order chi connectivity index (χ0) is 18.4. The molecule has 0 saturated carbocycles. The Morgan fingerprint density at radius 2 is 1.76 bits per heavy atom. The minimum absolute atomic E-state index is 0.311. The first-order valence-corrected chi connectivity index (χ1v) is 8.97. The second kappa shape index (κ2) is 8.85. The number of anilines is 2. The van der Waals surface area contributed by atoms with E-state index in [-0.39, 0.29) is 0 Å². The molecule has 0 unspecified atom stereocenters. The van der Waals surface area contributed by atoms with Crippen LogP contribution in [0.3, 0.4) is 0 Å². The Labute approximate surface area is 150 Å². The smallest absolute Gasteiger partial charge is 0.313 e. The molecule has 0 spiro atoms. The van der Waals surface area contributed by atoms with Gasteiger partial charge in [0.2, 0.25) is 0 Å². The number of piperidine rings is 1. The zero-order valence-electron chi connectivity index (χ0n) is 15.7. The third-order valence-electron chi connectivity index (χ3n) is 4.65. The summed E-state index contributed by atoms with van der Waals surface area (Å²) in [5, 5.41) is 5.26. The molecule has 2 rings (SSSR count). The molecule has 6 heteroatoms. The Morgan fingerprint density at radius 3 is 2.32 bits per heavy atom. The molecule has 0 radical (unpaired) electrons. The largest absolute Gasteiger partial charge is 0.372 e. The van der Waals surface area contributed by atoms with Gasteiger partial charge in [0, 0.05) is 31.0 Å². The minimum Gasteiger partial charge on any atom is -0.372 e. The van der Waals surface area contributed by atoms with Crippen LogP contribution in [-0.4, -0.2) is 56.5 Å². The van der Waals surface area contributed by atoms with Gasteiger partial charge in [-0.15, -0.1) is 0 Å².